The van der Waals surface area contributed by atoms with Crippen LogP contribution in [0.5, 0.6) is 0 Å². The first-order valence-corrected chi connectivity index (χ1v) is 15.7. The number of carbonyl (C=O) groups is 3. The van der Waals surface area contributed by atoms with E-state index in [9.17, 15) is 14.4 Å². The molecular formula is C30H51N3O4S. The largest absolute Gasteiger partial charge is 0.444 e. The molecule has 1 rings (SSSR count). The molecule has 0 spiro atoms. The summed E-state index contributed by atoms with van der Waals surface area (Å²) in [6.07, 6.45) is 10.0. The molecule has 0 heterocycles. The average molecular weight is 550 g/mol. The van der Waals surface area contributed by atoms with Crippen LogP contribution in [0.15, 0.2) is 30.3 Å². The predicted molar refractivity (Wildman–Crippen MR) is 158 cm³/mol. The quantitative estimate of drug-likeness (QED) is 0.205. The van der Waals surface area contributed by atoms with E-state index in [1.54, 1.807) is 37.4 Å². The van der Waals surface area contributed by atoms with Gasteiger partial charge in [-0.25, -0.2) is 4.79 Å². The normalized spacial score (nSPS) is 12.9. The van der Waals surface area contributed by atoms with Gasteiger partial charge in [-0.1, -0.05) is 82.7 Å². The van der Waals surface area contributed by atoms with Gasteiger partial charge in [0.1, 0.15) is 17.7 Å². The Balaban J connectivity index is 3.30. The van der Waals surface area contributed by atoms with Crippen LogP contribution in [0.25, 0.3) is 0 Å². The van der Waals surface area contributed by atoms with Crippen molar-refractivity contribution >= 4 is 29.7 Å². The van der Waals surface area contributed by atoms with Crippen LogP contribution >= 0.6 is 11.8 Å². The Hall–Kier alpha value is -2.22. The zero-order valence-corrected chi connectivity index (χ0v) is 25.3. The Morgan fingerprint density at radius 3 is 2.18 bits per heavy atom. The number of hydrogen-bond acceptors (Lipinski definition) is 5. The molecule has 38 heavy (non-hydrogen) atoms. The third-order valence-electron chi connectivity index (χ3n) is 6.14. The van der Waals surface area contributed by atoms with E-state index in [2.05, 4.69) is 24.5 Å². The van der Waals surface area contributed by atoms with E-state index in [0.29, 0.717) is 25.3 Å². The lowest BCUT2D eigenvalue weighted by Gasteiger charge is -2.34. The van der Waals surface area contributed by atoms with Crippen molar-refractivity contribution in [1.29, 1.82) is 0 Å². The Labute approximate surface area is 235 Å². The number of thioether (sulfide) groups is 1. The summed E-state index contributed by atoms with van der Waals surface area (Å²) in [7, 11) is 0. The molecule has 0 aliphatic carbocycles. The smallest absolute Gasteiger partial charge is 0.408 e. The minimum Gasteiger partial charge on any atom is -0.444 e. The lowest BCUT2D eigenvalue weighted by atomic mass is 10.0. The Morgan fingerprint density at radius 1 is 0.947 bits per heavy atom. The van der Waals surface area contributed by atoms with Gasteiger partial charge in [0, 0.05) is 13.1 Å². The molecule has 0 aromatic heterocycles. The van der Waals surface area contributed by atoms with Crippen LogP contribution in [0.1, 0.15) is 104 Å². The molecule has 0 saturated heterocycles. The molecular weight excluding hydrogens is 498 g/mol. The summed E-state index contributed by atoms with van der Waals surface area (Å²) in [5.74, 6) is 0.248. The van der Waals surface area contributed by atoms with Gasteiger partial charge in [-0.15, -0.1) is 0 Å². The number of benzene rings is 1. The molecule has 2 atom stereocenters. The number of alkyl carbamates (subject to hydrolysis) is 1. The van der Waals surface area contributed by atoms with Gasteiger partial charge < -0.3 is 20.3 Å². The van der Waals surface area contributed by atoms with Crippen LogP contribution < -0.4 is 10.6 Å². The molecule has 2 N–H and O–H groups in total. The fourth-order valence-electron chi connectivity index (χ4n) is 4.17. The van der Waals surface area contributed by atoms with Crippen LogP contribution in [0.4, 0.5) is 4.79 Å². The van der Waals surface area contributed by atoms with Gasteiger partial charge in [-0.05, 0) is 57.6 Å². The zero-order chi connectivity index (χ0) is 28.4. The van der Waals surface area contributed by atoms with E-state index in [1.165, 1.54) is 19.3 Å². The molecule has 0 bridgehead atoms. The van der Waals surface area contributed by atoms with Crippen molar-refractivity contribution < 1.29 is 19.1 Å². The highest BCUT2D eigenvalue weighted by Gasteiger charge is 2.35. The Kier molecular flexibility index (Phi) is 16.8. The van der Waals surface area contributed by atoms with Gasteiger partial charge in [-0.2, -0.15) is 11.8 Å². The number of amides is 3. The van der Waals surface area contributed by atoms with Crippen LogP contribution in [-0.4, -0.2) is 59.5 Å². The molecule has 3 amide bonds. The van der Waals surface area contributed by atoms with Crippen molar-refractivity contribution in [3.63, 3.8) is 0 Å². The van der Waals surface area contributed by atoms with Gasteiger partial charge in [0.15, 0.2) is 0 Å². The minimum absolute atomic E-state index is 0.190. The summed E-state index contributed by atoms with van der Waals surface area (Å²) in [5, 5.41) is 5.85. The van der Waals surface area contributed by atoms with Gasteiger partial charge >= 0.3 is 6.09 Å². The second-order valence-corrected chi connectivity index (χ2v) is 11.7. The van der Waals surface area contributed by atoms with Gasteiger partial charge in [0.25, 0.3) is 0 Å². The van der Waals surface area contributed by atoms with Gasteiger partial charge in [0.05, 0.1) is 0 Å². The second kappa shape index (κ2) is 18.9. The van der Waals surface area contributed by atoms with E-state index in [1.807, 2.05) is 36.6 Å². The number of rotatable bonds is 18. The molecule has 0 saturated carbocycles. The van der Waals surface area contributed by atoms with E-state index in [-0.39, 0.29) is 11.8 Å². The van der Waals surface area contributed by atoms with Crippen molar-refractivity contribution in [1.82, 2.24) is 15.5 Å². The fourth-order valence-corrected chi connectivity index (χ4v) is 4.64. The average Bonchev–Trinajstić information content (AvgIpc) is 2.87. The highest BCUT2D eigenvalue weighted by Crippen LogP contribution is 2.24. The van der Waals surface area contributed by atoms with Crippen molar-refractivity contribution in [3.05, 3.63) is 35.9 Å². The van der Waals surface area contributed by atoms with Crippen LogP contribution in [0, 0.1) is 0 Å². The van der Waals surface area contributed by atoms with E-state index < -0.39 is 23.8 Å². The monoisotopic (exact) mass is 549 g/mol. The van der Waals surface area contributed by atoms with Crippen molar-refractivity contribution in [3.8, 4) is 0 Å². The van der Waals surface area contributed by atoms with Gasteiger partial charge in [0.2, 0.25) is 11.8 Å². The first-order chi connectivity index (χ1) is 18.1. The summed E-state index contributed by atoms with van der Waals surface area (Å²) >= 11 is 1.61. The van der Waals surface area contributed by atoms with E-state index in [0.717, 1.165) is 37.7 Å². The topological polar surface area (TPSA) is 87.7 Å². The number of nitrogens with zero attached hydrogens (tertiary/aromatic N) is 1. The highest BCUT2D eigenvalue weighted by molar-refractivity contribution is 7.98. The molecule has 0 radical (unpaired) electrons. The van der Waals surface area contributed by atoms with Crippen LogP contribution in [-0.2, 0) is 14.3 Å². The maximum atomic E-state index is 14.1. The molecule has 2 unspecified atom stereocenters. The maximum Gasteiger partial charge on any atom is 0.408 e. The standard InChI is InChI=1S/C30H51N3O4S/c1-7-9-11-12-13-17-22-33(26(24-18-15-14-16-19-24)27(34)31-21-10-8-2)28(35)25(20-23-38-6)32-29(36)37-30(3,4)5/h14-16,18-19,25-26H,7-13,17,20-23H2,1-6H3,(H,31,34)(H,32,36). The number of ether oxygens (including phenoxy) is 1. The summed E-state index contributed by atoms with van der Waals surface area (Å²) in [4.78, 5) is 42.1. The lowest BCUT2D eigenvalue weighted by molar-refractivity contribution is -0.142. The maximum absolute atomic E-state index is 14.1. The number of nitrogens with one attached hydrogen (secondary N) is 2. The molecule has 1 aromatic carbocycles. The van der Waals surface area contributed by atoms with Crippen molar-refractivity contribution in [2.24, 2.45) is 0 Å². The molecule has 0 aliphatic heterocycles. The molecule has 0 aliphatic rings. The Morgan fingerprint density at radius 2 is 1.58 bits per heavy atom. The predicted octanol–water partition coefficient (Wildman–Crippen LogP) is 6.48. The summed E-state index contributed by atoms with van der Waals surface area (Å²) < 4.78 is 5.47. The summed E-state index contributed by atoms with van der Waals surface area (Å²) in [5.41, 5.74) is 0.0860. The number of carbonyl (C=O) groups excluding carboxylic acids is 3. The molecule has 0 fully saturated rings. The number of hydrogen-bond donors (Lipinski definition) is 2. The molecule has 1 aromatic rings. The van der Waals surface area contributed by atoms with E-state index in [4.69, 9.17) is 4.74 Å². The third-order valence-corrected chi connectivity index (χ3v) is 6.78. The SMILES string of the molecule is CCCCCCCCN(C(=O)C(CCSC)NC(=O)OC(C)(C)C)C(C(=O)NCCCC)c1ccccc1. The summed E-state index contributed by atoms with van der Waals surface area (Å²) in [6, 6.07) is 7.91. The lowest BCUT2D eigenvalue weighted by Crippen LogP contribution is -2.53. The highest BCUT2D eigenvalue weighted by atomic mass is 32.2. The molecule has 7 nitrogen and oxygen atoms in total. The van der Waals surface area contributed by atoms with Gasteiger partial charge in [-0.3, -0.25) is 9.59 Å². The molecule has 216 valence electrons. The Bertz CT molecular complexity index is 813. The molecule has 8 heteroatoms. The number of unbranched alkanes of at least 4 members (excludes halogenated alkanes) is 6. The van der Waals surface area contributed by atoms with Crippen LogP contribution in [0.3, 0.4) is 0 Å². The fraction of sp³-hybridized carbons (Fsp3) is 0.700. The van der Waals surface area contributed by atoms with Crippen LogP contribution in [0.2, 0.25) is 0 Å². The first-order valence-electron chi connectivity index (χ1n) is 14.3. The van der Waals surface area contributed by atoms with Crippen molar-refractivity contribution in [2.75, 3.05) is 25.1 Å². The van der Waals surface area contributed by atoms with E-state index >= 15 is 0 Å². The summed E-state index contributed by atoms with van der Waals surface area (Å²) in [6.45, 7) is 10.6. The first kappa shape index (κ1) is 33.8. The minimum atomic E-state index is -0.785. The van der Waals surface area contributed by atoms with Crippen molar-refractivity contribution in [2.45, 2.75) is 110 Å². The third kappa shape index (κ3) is 13.5. The second-order valence-electron chi connectivity index (χ2n) is 10.7. The zero-order valence-electron chi connectivity index (χ0n) is 24.5.